The molecule has 0 aliphatic carbocycles. The summed E-state index contributed by atoms with van der Waals surface area (Å²) >= 11 is 5.97. The van der Waals surface area contributed by atoms with Crippen LogP contribution in [-0.2, 0) is 6.42 Å². The third-order valence-corrected chi connectivity index (χ3v) is 2.92. The summed E-state index contributed by atoms with van der Waals surface area (Å²) in [4.78, 5) is 0. The first-order chi connectivity index (χ1) is 8.19. The largest absolute Gasteiger partial charge is 0.497 e. The average Bonchev–Trinajstić information content (AvgIpc) is 2.34. The second-order valence-electron chi connectivity index (χ2n) is 3.76. The lowest BCUT2D eigenvalue weighted by Crippen LogP contribution is -1.91. The molecule has 0 N–H and O–H groups in total. The Morgan fingerprint density at radius 2 is 1.82 bits per heavy atom. The van der Waals surface area contributed by atoms with Crippen molar-refractivity contribution >= 4 is 11.6 Å². The van der Waals surface area contributed by atoms with Gasteiger partial charge in [0.05, 0.1) is 7.11 Å². The summed E-state index contributed by atoms with van der Waals surface area (Å²) in [5, 5.41) is 0.459. The lowest BCUT2D eigenvalue weighted by atomic mass is 10.0. The Morgan fingerprint density at radius 3 is 2.41 bits per heavy atom. The fourth-order valence-electron chi connectivity index (χ4n) is 1.63. The summed E-state index contributed by atoms with van der Waals surface area (Å²) < 4.78 is 18.0. The molecule has 0 heterocycles. The molecule has 0 atom stereocenters. The molecule has 0 spiro atoms. The SMILES string of the molecule is COc1ccc(Cc2ccc(F)cc2Cl)cc1. The number of benzene rings is 2. The number of hydrogen-bond donors (Lipinski definition) is 0. The zero-order valence-electron chi connectivity index (χ0n) is 9.41. The van der Waals surface area contributed by atoms with Crippen molar-refractivity contribution in [1.29, 1.82) is 0 Å². The predicted octanol–water partition coefficient (Wildman–Crippen LogP) is 4.08. The molecule has 1 nitrogen and oxygen atoms in total. The Balaban J connectivity index is 2.19. The maximum absolute atomic E-state index is 12.9. The number of ether oxygens (including phenoxy) is 1. The molecule has 0 unspecified atom stereocenters. The van der Waals surface area contributed by atoms with Crippen molar-refractivity contribution in [1.82, 2.24) is 0 Å². The van der Waals surface area contributed by atoms with Crippen LogP contribution in [0.4, 0.5) is 4.39 Å². The lowest BCUT2D eigenvalue weighted by molar-refractivity contribution is 0.414. The van der Waals surface area contributed by atoms with E-state index in [9.17, 15) is 4.39 Å². The van der Waals surface area contributed by atoms with E-state index in [0.29, 0.717) is 11.4 Å². The van der Waals surface area contributed by atoms with Crippen molar-refractivity contribution in [3.63, 3.8) is 0 Å². The number of methoxy groups -OCH3 is 1. The van der Waals surface area contributed by atoms with E-state index in [-0.39, 0.29) is 5.82 Å². The summed E-state index contributed by atoms with van der Waals surface area (Å²) in [5.74, 6) is 0.507. The molecule has 0 radical (unpaired) electrons. The van der Waals surface area contributed by atoms with Gasteiger partial charge in [-0.25, -0.2) is 4.39 Å². The minimum atomic E-state index is -0.312. The molecule has 2 aromatic rings. The second-order valence-corrected chi connectivity index (χ2v) is 4.17. The lowest BCUT2D eigenvalue weighted by Gasteiger charge is -2.05. The van der Waals surface area contributed by atoms with Crippen LogP contribution in [0.15, 0.2) is 42.5 Å². The normalized spacial score (nSPS) is 10.3. The average molecular weight is 251 g/mol. The number of rotatable bonds is 3. The molecule has 3 heteroatoms. The highest BCUT2D eigenvalue weighted by molar-refractivity contribution is 6.31. The Kier molecular flexibility index (Phi) is 3.64. The minimum Gasteiger partial charge on any atom is -0.497 e. The third kappa shape index (κ3) is 2.98. The maximum atomic E-state index is 12.9. The first-order valence-electron chi connectivity index (χ1n) is 5.26. The maximum Gasteiger partial charge on any atom is 0.124 e. The Labute approximate surface area is 105 Å². The molecule has 17 heavy (non-hydrogen) atoms. The van der Waals surface area contributed by atoms with Gasteiger partial charge in [0.25, 0.3) is 0 Å². The highest BCUT2D eigenvalue weighted by Gasteiger charge is 2.03. The minimum absolute atomic E-state index is 0.312. The molecule has 2 rings (SSSR count). The Bertz CT molecular complexity index is 508. The molecule has 0 bridgehead atoms. The van der Waals surface area contributed by atoms with Crippen LogP contribution < -0.4 is 4.74 Å². The van der Waals surface area contributed by atoms with E-state index in [4.69, 9.17) is 16.3 Å². The van der Waals surface area contributed by atoms with Crippen LogP contribution >= 0.6 is 11.6 Å². The quantitative estimate of drug-likeness (QED) is 0.798. The van der Waals surface area contributed by atoms with E-state index in [1.54, 1.807) is 13.2 Å². The van der Waals surface area contributed by atoms with Crippen molar-refractivity contribution in [3.8, 4) is 5.75 Å². The highest BCUT2D eigenvalue weighted by atomic mass is 35.5. The van der Waals surface area contributed by atoms with Gasteiger partial charge in [0, 0.05) is 5.02 Å². The zero-order chi connectivity index (χ0) is 12.3. The van der Waals surface area contributed by atoms with Crippen molar-refractivity contribution in [3.05, 3.63) is 64.4 Å². The summed E-state index contributed by atoms with van der Waals surface area (Å²) in [5.41, 5.74) is 2.03. The number of hydrogen-bond acceptors (Lipinski definition) is 1. The molecule has 0 saturated carbocycles. The molecule has 0 amide bonds. The van der Waals surface area contributed by atoms with Crippen LogP contribution in [0.25, 0.3) is 0 Å². The monoisotopic (exact) mass is 250 g/mol. The van der Waals surface area contributed by atoms with Gasteiger partial charge in [0.1, 0.15) is 11.6 Å². The number of halogens is 2. The van der Waals surface area contributed by atoms with E-state index in [1.165, 1.54) is 12.1 Å². The molecule has 2 aromatic carbocycles. The van der Waals surface area contributed by atoms with Gasteiger partial charge >= 0.3 is 0 Å². The summed E-state index contributed by atoms with van der Waals surface area (Å²) in [6.07, 6.45) is 0.684. The van der Waals surface area contributed by atoms with E-state index < -0.39 is 0 Å². The van der Waals surface area contributed by atoms with Crippen LogP contribution in [0.3, 0.4) is 0 Å². The van der Waals surface area contributed by atoms with Gasteiger partial charge in [-0.15, -0.1) is 0 Å². The van der Waals surface area contributed by atoms with Crippen LogP contribution in [0.2, 0.25) is 5.02 Å². The van der Waals surface area contributed by atoms with Crippen molar-refractivity contribution in [2.45, 2.75) is 6.42 Å². The molecule has 0 aliphatic heterocycles. The second kappa shape index (κ2) is 5.19. The molecule has 0 fully saturated rings. The Morgan fingerprint density at radius 1 is 1.12 bits per heavy atom. The van der Waals surface area contributed by atoms with Crippen LogP contribution in [0.5, 0.6) is 5.75 Å². The molecule has 0 saturated heterocycles. The van der Waals surface area contributed by atoms with Gasteiger partial charge in [-0.3, -0.25) is 0 Å². The van der Waals surface area contributed by atoms with Crippen LogP contribution in [0, 0.1) is 5.82 Å². The van der Waals surface area contributed by atoms with Gasteiger partial charge in [-0.2, -0.15) is 0 Å². The van der Waals surface area contributed by atoms with Crippen LogP contribution in [-0.4, -0.2) is 7.11 Å². The van der Waals surface area contributed by atoms with Gasteiger partial charge < -0.3 is 4.74 Å². The van der Waals surface area contributed by atoms with E-state index >= 15 is 0 Å². The smallest absolute Gasteiger partial charge is 0.124 e. The summed E-state index contributed by atoms with van der Waals surface area (Å²) in [6.45, 7) is 0. The fraction of sp³-hybridized carbons (Fsp3) is 0.143. The van der Waals surface area contributed by atoms with Crippen molar-refractivity contribution in [2.75, 3.05) is 7.11 Å². The highest BCUT2D eigenvalue weighted by Crippen LogP contribution is 2.21. The molecule has 0 aromatic heterocycles. The van der Waals surface area contributed by atoms with Crippen LogP contribution in [0.1, 0.15) is 11.1 Å². The van der Waals surface area contributed by atoms with Gasteiger partial charge in [0.2, 0.25) is 0 Å². The van der Waals surface area contributed by atoms with E-state index in [1.807, 2.05) is 24.3 Å². The standard InChI is InChI=1S/C14H12ClFO/c1-17-13-6-2-10(3-7-13)8-11-4-5-12(16)9-14(11)15/h2-7,9H,8H2,1H3. The molecule has 88 valence electrons. The third-order valence-electron chi connectivity index (χ3n) is 2.57. The molecular weight excluding hydrogens is 239 g/mol. The molecular formula is C14H12ClFO. The van der Waals surface area contributed by atoms with Gasteiger partial charge in [0.15, 0.2) is 0 Å². The topological polar surface area (TPSA) is 9.23 Å². The Hall–Kier alpha value is -1.54. The zero-order valence-corrected chi connectivity index (χ0v) is 10.2. The first kappa shape index (κ1) is 11.9. The summed E-state index contributed by atoms with van der Waals surface area (Å²) in [7, 11) is 1.63. The van der Waals surface area contributed by atoms with Gasteiger partial charge in [-0.1, -0.05) is 29.8 Å². The fourth-order valence-corrected chi connectivity index (χ4v) is 1.86. The molecule has 0 aliphatic rings. The summed E-state index contributed by atoms with van der Waals surface area (Å²) in [6, 6.07) is 12.2. The van der Waals surface area contributed by atoms with Crippen molar-refractivity contribution in [2.24, 2.45) is 0 Å². The van der Waals surface area contributed by atoms with Crippen molar-refractivity contribution < 1.29 is 9.13 Å². The van der Waals surface area contributed by atoms with Gasteiger partial charge in [-0.05, 0) is 41.8 Å². The van der Waals surface area contributed by atoms with E-state index in [0.717, 1.165) is 16.9 Å². The first-order valence-corrected chi connectivity index (χ1v) is 5.63. The van der Waals surface area contributed by atoms with E-state index in [2.05, 4.69) is 0 Å². The predicted molar refractivity (Wildman–Crippen MR) is 67.2 cm³/mol.